The molecule has 0 aliphatic heterocycles. The minimum absolute atomic E-state index is 0.148. The molecule has 3 heterocycles. The molecule has 0 aromatic carbocycles. The minimum atomic E-state index is -0.221. The van der Waals surface area contributed by atoms with Crippen LogP contribution in [0.2, 0.25) is 0 Å². The number of fused-ring (bicyclic) bond motifs is 1. The fourth-order valence-corrected chi connectivity index (χ4v) is 2.40. The summed E-state index contributed by atoms with van der Waals surface area (Å²) in [6.07, 6.45) is 0. The van der Waals surface area contributed by atoms with Gasteiger partial charge in [-0.25, -0.2) is 4.98 Å². The van der Waals surface area contributed by atoms with E-state index in [1.165, 1.54) is 0 Å². The molecule has 22 heavy (non-hydrogen) atoms. The second kappa shape index (κ2) is 5.10. The molecule has 0 fully saturated rings. The number of nitrogens with one attached hydrogen (secondary N) is 2. The number of aromatic nitrogens is 6. The molecule has 0 bridgehead atoms. The number of amides is 1. The Hall–Kier alpha value is -2.97. The van der Waals surface area contributed by atoms with Crippen LogP contribution in [0.3, 0.4) is 0 Å². The lowest BCUT2D eigenvalue weighted by atomic mass is 10.1. The van der Waals surface area contributed by atoms with E-state index in [2.05, 4.69) is 30.6 Å². The van der Waals surface area contributed by atoms with E-state index < -0.39 is 0 Å². The van der Waals surface area contributed by atoms with Gasteiger partial charge in [0.25, 0.3) is 5.91 Å². The summed E-state index contributed by atoms with van der Waals surface area (Å²) in [6.45, 7) is 3.91. The van der Waals surface area contributed by atoms with Crippen LogP contribution in [-0.2, 0) is 13.6 Å². The standard InChI is InChI=1S/C13H16N8O/c1-6-4-8(10-7(2)20-21(3)11(10)16-6)12(22)15-5-9-17-13(14)19-18-9/h4H,5H2,1-3H3,(H,15,22)(H3,14,17,18,19). The van der Waals surface area contributed by atoms with Gasteiger partial charge in [-0.15, -0.1) is 5.10 Å². The van der Waals surface area contributed by atoms with Crippen LogP contribution in [0.4, 0.5) is 5.95 Å². The van der Waals surface area contributed by atoms with E-state index >= 15 is 0 Å². The lowest BCUT2D eigenvalue weighted by Gasteiger charge is -2.06. The van der Waals surface area contributed by atoms with Crippen molar-refractivity contribution in [1.29, 1.82) is 0 Å². The summed E-state index contributed by atoms with van der Waals surface area (Å²) in [5.74, 6) is 0.423. The number of nitrogen functional groups attached to an aromatic ring is 1. The summed E-state index contributed by atoms with van der Waals surface area (Å²) in [7, 11) is 1.81. The predicted octanol–water partition coefficient (Wildman–Crippen LogP) is 0.215. The molecule has 114 valence electrons. The fourth-order valence-electron chi connectivity index (χ4n) is 2.40. The third-order valence-corrected chi connectivity index (χ3v) is 3.31. The Kier molecular flexibility index (Phi) is 3.24. The van der Waals surface area contributed by atoms with Crippen molar-refractivity contribution >= 4 is 22.9 Å². The Bertz CT molecular complexity index is 862. The molecule has 0 aliphatic carbocycles. The van der Waals surface area contributed by atoms with E-state index in [1.54, 1.807) is 17.8 Å². The first-order valence-electron chi connectivity index (χ1n) is 6.71. The summed E-state index contributed by atoms with van der Waals surface area (Å²) in [5.41, 5.74) is 8.17. The zero-order valence-electron chi connectivity index (χ0n) is 12.5. The first-order valence-corrected chi connectivity index (χ1v) is 6.71. The number of nitrogens with zero attached hydrogens (tertiary/aromatic N) is 5. The van der Waals surface area contributed by atoms with Crippen LogP contribution >= 0.6 is 0 Å². The minimum Gasteiger partial charge on any atom is -0.367 e. The zero-order chi connectivity index (χ0) is 15.9. The molecule has 0 aliphatic rings. The van der Waals surface area contributed by atoms with E-state index in [4.69, 9.17) is 5.73 Å². The second-order valence-corrected chi connectivity index (χ2v) is 5.04. The molecule has 0 saturated carbocycles. The molecular weight excluding hydrogens is 284 g/mol. The van der Waals surface area contributed by atoms with Gasteiger partial charge >= 0.3 is 0 Å². The first-order chi connectivity index (χ1) is 10.5. The predicted molar refractivity (Wildman–Crippen MR) is 79.9 cm³/mol. The first kappa shape index (κ1) is 14.0. The van der Waals surface area contributed by atoms with Crippen LogP contribution < -0.4 is 11.1 Å². The van der Waals surface area contributed by atoms with Crippen LogP contribution in [0.15, 0.2) is 6.07 Å². The second-order valence-electron chi connectivity index (χ2n) is 5.04. The molecule has 9 nitrogen and oxygen atoms in total. The van der Waals surface area contributed by atoms with E-state index in [0.29, 0.717) is 17.0 Å². The van der Waals surface area contributed by atoms with Crippen molar-refractivity contribution in [3.05, 3.63) is 28.8 Å². The highest BCUT2D eigenvalue weighted by atomic mass is 16.1. The Morgan fingerprint density at radius 3 is 2.86 bits per heavy atom. The van der Waals surface area contributed by atoms with E-state index in [0.717, 1.165) is 16.8 Å². The van der Waals surface area contributed by atoms with Gasteiger partial charge in [0.05, 0.1) is 23.2 Å². The van der Waals surface area contributed by atoms with Crippen LogP contribution in [-0.4, -0.2) is 35.9 Å². The number of hydrogen-bond acceptors (Lipinski definition) is 6. The van der Waals surface area contributed by atoms with Crippen molar-refractivity contribution < 1.29 is 4.79 Å². The highest BCUT2D eigenvalue weighted by Gasteiger charge is 2.17. The van der Waals surface area contributed by atoms with Gasteiger partial charge in [0, 0.05) is 12.7 Å². The van der Waals surface area contributed by atoms with Crippen LogP contribution in [0.25, 0.3) is 11.0 Å². The average molecular weight is 300 g/mol. The van der Waals surface area contributed by atoms with Crippen LogP contribution in [0.5, 0.6) is 0 Å². The highest BCUT2D eigenvalue weighted by molar-refractivity contribution is 6.06. The Balaban J connectivity index is 1.93. The van der Waals surface area contributed by atoms with Crippen molar-refractivity contribution in [3.63, 3.8) is 0 Å². The monoisotopic (exact) mass is 300 g/mol. The van der Waals surface area contributed by atoms with E-state index in [-0.39, 0.29) is 18.4 Å². The number of aromatic amines is 1. The van der Waals surface area contributed by atoms with Crippen LogP contribution in [0, 0.1) is 13.8 Å². The summed E-state index contributed by atoms with van der Waals surface area (Å²) in [6, 6.07) is 1.75. The van der Waals surface area contributed by atoms with Gasteiger partial charge in [0.15, 0.2) is 5.65 Å². The number of H-pyrrole nitrogens is 1. The van der Waals surface area contributed by atoms with Crippen molar-refractivity contribution in [1.82, 2.24) is 35.3 Å². The molecule has 0 radical (unpaired) electrons. The van der Waals surface area contributed by atoms with Crippen molar-refractivity contribution in [2.75, 3.05) is 5.73 Å². The third kappa shape index (κ3) is 2.36. The molecule has 1 amide bonds. The zero-order valence-corrected chi connectivity index (χ0v) is 12.5. The average Bonchev–Trinajstić information content (AvgIpc) is 3.00. The molecule has 0 spiro atoms. The lowest BCUT2D eigenvalue weighted by molar-refractivity contribution is 0.0951. The van der Waals surface area contributed by atoms with Crippen molar-refractivity contribution in [3.8, 4) is 0 Å². The van der Waals surface area contributed by atoms with Gasteiger partial charge in [-0.05, 0) is 19.9 Å². The summed E-state index contributed by atoms with van der Waals surface area (Å²) < 4.78 is 1.67. The fraction of sp³-hybridized carbons (Fsp3) is 0.308. The van der Waals surface area contributed by atoms with Crippen LogP contribution in [0.1, 0.15) is 27.6 Å². The molecule has 3 aromatic heterocycles. The Labute approximate surface area is 125 Å². The van der Waals surface area contributed by atoms with Gasteiger partial charge in [0.2, 0.25) is 5.95 Å². The molecule has 9 heteroatoms. The van der Waals surface area contributed by atoms with Gasteiger partial charge in [0.1, 0.15) is 5.82 Å². The maximum absolute atomic E-state index is 12.5. The van der Waals surface area contributed by atoms with Gasteiger partial charge < -0.3 is 11.1 Å². The number of pyridine rings is 1. The third-order valence-electron chi connectivity index (χ3n) is 3.31. The molecule has 3 rings (SSSR count). The molecule has 0 unspecified atom stereocenters. The van der Waals surface area contributed by atoms with Gasteiger partial charge in [-0.2, -0.15) is 10.1 Å². The SMILES string of the molecule is Cc1cc(C(=O)NCc2nc(N)n[nH]2)c2c(C)nn(C)c2n1. The molecule has 0 atom stereocenters. The van der Waals surface area contributed by atoms with Gasteiger partial charge in [-0.3, -0.25) is 14.6 Å². The number of anilines is 1. The quantitative estimate of drug-likeness (QED) is 0.634. The number of rotatable bonds is 3. The highest BCUT2D eigenvalue weighted by Crippen LogP contribution is 2.21. The Morgan fingerprint density at radius 1 is 1.41 bits per heavy atom. The molecule has 0 saturated heterocycles. The molecule has 4 N–H and O–H groups in total. The molecular formula is C13H16N8O. The number of aryl methyl sites for hydroxylation is 3. The maximum atomic E-state index is 12.5. The topological polar surface area (TPSA) is 127 Å². The normalized spacial score (nSPS) is 11.0. The number of carbonyl (C=O) groups excluding carboxylic acids is 1. The van der Waals surface area contributed by atoms with Crippen molar-refractivity contribution in [2.45, 2.75) is 20.4 Å². The molecule has 3 aromatic rings. The van der Waals surface area contributed by atoms with E-state index in [9.17, 15) is 4.79 Å². The number of carbonyl (C=O) groups is 1. The van der Waals surface area contributed by atoms with E-state index in [1.807, 2.05) is 13.8 Å². The number of nitrogens with two attached hydrogens (primary N) is 1. The summed E-state index contributed by atoms with van der Waals surface area (Å²) in [5, 5.41) is 14.2. The maximum Gasteiger partial charge on any atom is 0.252 e. The number of hydrogen-bond donors (Lipinski definition) is 3. The van der Waals surface area contributed by atoms with Crippen molar-refractivity contribution in [2.24, 2.45) is 7.05 Å². The smallest absolute Gasteiger partial charge is 0.252 e. The summed E-state index contributed by atoms with van der Waals surface area (Å²) in [4.78, 5) is 20.9. The summed E-state index contributed by atoms with van der Waals surface area (Å²) >= 11 is 0. The lowest BCUT2D eigenvalue weighted by Crippen LogP contribution is -2.24. The Morgan fingerprint density at radius 2 is 2.18 bits per heavy atom. The van der Waals surface area contributed by atoms with Gasteiger partial charge in [-0.1, -0.05) is 0 Å². The largest absolute Gasteiger partial charge is 0.367 e.